The van der Waals surface area contributed by atoms with Gasteiger partial charge in [0, 0.05) is 24.2 Å². The van der Waals surface area contributed by atoms with Crippen LogP contribution >= 0.6 is 0 Å². The van der Waals surface area contributed by atoms with Crippen LogP contribution in [0.1, 0.15) is 5.56 Å². The minimum atomic E-state index is -3.26. The number of ether oxygens (including phenoxy) is 1. The summed E-state index contributed by atoms with van der Waals surface area (Å²) in [5.74, 6) is 0.484. The quantitative estimate of drug-likeness (QED) is 0.706. The highest BCUT2D eigenvalue weighted by Gasteiger charge is 2.08. The monoisotopic (exact) mass is 355 g/mol. The molecule has 3 aromatic rings. The fourth-order valence-electron chi connectivity index (χ4n) is 2.36. The van der Waals surface area contributed by atoms with E-state index < -0.39 is 9.84 Å². The maximum Gasteiger partial charge on any atom is 0.258 e. The summed E-state index contributed by atoms with van der Waals surface area (Å²) in [6.45, 7) is 0.382. The molecule has 0 unspecified atom stereocenters. The maximum atomic E-state index is 12.3. The molecule has 6 heteroatoms. The van der Waals surface area contributed by atoms with Crippen molar-refractivity contribution in [1.82, 2.24) is 4.57 Å². The molecule has 1 heterocycles. The van der Waals surface area contributed by atoms with Crippen molar-refractivity contribution in [3.63, 3.8) is 0 Å². The summed E-state index contributed by atoms with van der Waals surface area (Å²) in [6.07, 6.45) is 2.76. The van der Waals surface area contributed by atoms with Crippen molar-refractivity contribution in [3.05, 3.63) is 88.8 Å². The second-order valence-electron chi connectivity index (χ2n) is 5.61. The Morgan fingerprint density at radius 1 is 0.960 bits per heavy atom. The van der Waals surface area contributed by atoms with Gasteiger partial charge >= 0.3 is 0 Å². The fourth-order valence-corrected chi connectivity index (χ4v) is 2.99. The van der Waals surface area contributed by atoms with Crippen LogP contribution in [0, 0.1) is 0 Å². The van der Waals surface area contributed by atoms with Crippen molar-refractivity contribution in [2.24, 2.45) is 0 Å². The van der Waals surface area contributed by atoms with E-state index in [-0.39, 0.29) is 10.5 Å². The molecule has 0 aliphatic carbocycles. The lowest BCUT2D eigenvalue weighted by Crippen LogP contribution is -2.16. The molecule has 128 valence electrons. The van der Waals surface area contributed by atoms with Gasteiger partial charge in [-0.2, -0.15) is 0 Å². The van der Waals surface area contributed by atoms with E-state index in [2.05, 4.69) is 0 Å². The van der Waals surface area contributed by atoms with E-state index in [4.69, 9.17) is 4.74 Å². The van der Waals surface area contributed by atoms with Crippen LogP contribution in [0.2, 0.25) is 0 Å². The van der Waals surface area contributed by atoms with Gasteiger partial charge in [0.25, 0.3) is 5.56 Å². The van der Waals surface area contributed by atoms with Crippen molar-refractivity contribution in [3.8, 4) is 11.4 Å². The molecule has 0 aliphatic heterocycles. The average molecular weight is 355 g/mol. The van der Waals surface area contributed by atoms with Gasteiger partial charge in [0.1, 0.15) is 12.4 Å². The van der Waals surface area contributed by atoms with E-state index in [1.165, 1.54) is 22.8 Å². The number of rotatable bonds is 5. The SMILES string of the molecule is CS(=O)(=O)c1ccc(-n2ccc(OCc3ccccc3)cc2=O)cc1. The molecule has 1 aromatic heterocycles. The zero-order chi connectivity index (χ0) is 17.9. The van der Waals surface area contributed by atoms with Crippen LogP contribution in [0.25, 0.3) is 5.69 Å². The zero-order valence-electron chi connectivity index (χ0n) is 13.6. The second kappa shape index (κ2) is 6.94. The highest BCUT2D eigenvalue weighted by molar-refractivity contribution is 7.90. The molecular weight excluding hydrogens is 338 g/mol. The average Bonchev–Trinajstić information content (AvgIpc) is 2.60. The van der Waals surface area contributed by atoms with Gasteiger partial charge in [-0.25, -0.2) is 8.42 Å². The van der Waals surface area contributed by atoms with Gasteiger partial charge in [0.15, 0.2) is 9.84 Å². The van der Waals surface area contributed by atoms with Crippen LogP contribution < -0.4 is 10.3 Å². The highest BCUT2D eigenvalue weighted by Crippen LogP contribution is 2.15. The summed E-state index contributed by atoms with van der Waals surface area (Å²) in [7, 11) is -3.26. The highest BCUT2D eigenvalue weighted by atomic mass is 32.2. The first-order valence-electron chi connectivity index (χ1n) is 7.63. The molecule has 0 bridgehead atoms. The van der Waals surface area contributed by atoms with Crippen molar-refractivity contribution >= 4 is 9.84 Å². The Morgan fingerprint density at radius 3 is 2.24 bits per heavy atom. The summed E-state index contributed by atoms with van der Waals surface area (Å²) >= 11 is 0. The topological polar surface area (TPSA) is 65.4 Å². The Labute approximate surface area is 146 Å². The number of nitrogens with zero attached hydrogens (tertiary/aromatic N) is 1. The summed E-state index contributed by atoms with van der Waals surface area (Å²) < 4.78 is 30.1. The van der Waals surface area contributed by atoms with Crippen LogP contribution in [0.3, 0.4) is 0 Å². The number of hydrogen-bond acceptors (Lipinski definition) is 4. The molecule has 0 atom stereocenters. The van der Waals surface area contributed by atoms with Crippen LogP contribution in [-0.4, -0.2) is 19.2 Å². The molecule has 3 rings (SSSR count). The predicted octanol–water partition coefficient (Wildman–Crippen LogP) is 2.82. The van der Waals surface area contributed by atoms with Gasteiger partial charge in [-0.15, -0.1) is 0 Å². The molecule has 0 spiro atoms. The zero-order valence-corrected chi connectivity index (χ0v) is 14.4. The van der Waals surface area contributed by atoms with E-state index in [1.54, 1.807) is 24.4 Å². The number of hydrogen-bond donors (Lipinski definition) is 0. The molecule has 2 aromatic carbocycles. The lowest BCUT2D eigenvalue weighted by atomic mass is 10.2. The van der Waals surface area contributed by atoms with E-state index in [0.717, 1.165) is 11.8 Å². The fraction of sp³-hybridized carbons (Fsp3) is 0.105. The van der Waals surface area contributed by atoms with E-state index in [9.17, 15) is 13.2 Å². The third kappa shape index (κ3) is 4.16. The number of benzene rings is 2. The molecule has 0 aliphatic rings. The van der Waals surface area contributed by atoms with Crippen LogP contribution in [0.15, 0.2) is 82.6 Å². The van der Waals surface area contributed by atoms with Crippen LogP contribution in [0.4, 0.5) is 0 Å². The first kappa shape index (κ1) is 17.0. The lowest BCUT2D eigenvalue weighted by molar-refractivity contribution is 0.305. The van der Waals surface area contributed by atoms with E-state index >= 15 is 0 Å². The normalized spacial score (nSPS) is 11.2. The molecule has 0 amide bonds. The smallest absolute Gasteiger partial charge is 0.258 e. The third-order valence-electron chi connectivity index (χ3n) is 3.68. The third-order valence-corrected chi connectivity index (χ3v) is 4.81. The van der Waals surface area contributed by atoms with Gasteiger partial charge in [0.05, 0.1) is 4.90 Å². The largest absolute Gasteiger partial charge is 0.489 e. The van der Waals surface area contributed by atoms with E-state index in [1.807, 2.05) is 30.3 Å². The Bertz CT molecular complexity index is 1020. The van der Waals surface area contributed by atoms with Crippen LogP contribution in [0.5, 0.6) is 5.75 Å². The first-order valence-corrected chi connectivity index (χ1v) is 9.52. The predicted molar refractivity (Wildman–Crippen MR) is 95.9 cm³/mol. The molecule has 0 radical (unpaired) electrons. The van der Waals surface area contributed by atoms with Crippen molar-refractivity contribution in [1.29, 1.82) is 0 Å². The molecule has 0 saturated heterocycles. The van der Waals surface area contributed by atoms with Crippen molar-refractivity contribution in [2.75, 3.05) is 6.26 Å². The van der Waals surface area contributed by atoms with Crippen molar-refractivity contribution in [2.45, 2.75) is 11.5 Å². The number of sulfone groups is 1. The Kier molecular flexibility index (Phi) is 4.72. The number of pyridine rings is 1. The van der Waals surface area contributed by atoms with Gasteiger partial charge < -0.3 is 4.74 Å². The molecule has 0 N–H and O–H groups in total. The first-order chi connectivity index (χ1) is 11.9. The van der Waals surface area contributed by atoms with Crippen LogP contribution in [-0.2, 0) is 16.4 Å². The molecule has 25 heavy (non-hydrogen) atoms. The van der Waals surface area contributed by atoms with Gasteiger partial charge in [-0.1, -0.05) is 30.3 Å². The molecule has 5 nitrogen and oxygen atoms in total. The van der Waals surface area contributed by atoms with Crippen molar-refractivity contribution < 1.29 is 13.2 Å². The van der Waals surface area contributed by atoms with Gasteiger partial charge in [-0.05, 0) is 35.9 Å². The summed E-state index contributed by atoms with van der Waals surface area (Å²) in [4.78, 5) is 12.5. The van der Waals surface area contributed by atoms with E-state index in [0.29, 0.717) is 18.0 Å². The lowest BCUT2D eigenvalue weighted by Gasteiger charge is -2.09. The molecule has 0 saturated carbocycles. The Morgan fingerprint density at radius 2 is 1.64 bits per heavy atom. The standard InChI is InChI=1S/C19H17NO4S/c1-25(22,23)18-9-7-16(8-10-18)20-12-11-17(13-19(20)21)24-14-15-5-3-2-4-6-15/h2-13H,14H2,1H3. The van der Waals surface area contributed by atoms with Gasteiger partial charge in [0.2, 0.25) is 0 Å². The minimum absolute atomic E-state index is 0.215. The summed E-state index contributed by atoms with van der Waals surface area (Å²) in [5, 5.41) is 0. The Hall–Kier alpha value is -2.86. The number of aromatic nitrogens is 1. The molecule has 0 fully saturated rings. The van der Waals surface area contributed by atoms with Gasteiger partial charge in [-0.3, -0.25) is 9.36 Å². The Balaban J connectivity index is 1.79. The second-order valence-corrected chi connectivity index (χ2v) is 7.63. The summed E-state index contributed by atoms with van der Waals surface area (Å²) in [6, 6.07) is 19.0. The minimum Gasteiger partial charge on any atom is -0.489 e. The maximum absolute atomic E-state index is 12.3. The summed E-state index contributed by atoms with van der Waals surface area (Å²) in [5.41, 5.74) is 1.35. The molecular formula is C19H17NO4S.